The maximum absolute atomic E-state index is 12.3. The first-order valence-electron chi connectivity index (χ1n) is 3.71. The van der Waals surface area contributed by atoms with Gasteiger partial charge >= 0.3 is 0 Å². The van der Waals surface area contributed by atoms with E-state index in [1.165, 1.54) is 7.11 Å². The van der Waals surface area contributed by atoms with Crippen molar-refractivity contribution in [3.63, 3.8) is 0 Å². The smallest absolute Gasteiger partial charge is 0.280 e. The maximum Gasteiger partial charge on any atom is 0.280 e. The van der Waals surface area contributed by atoms with Crippen molar-refractivity contribution in [2.24, 2.45) is 0 Å². The summed E-state index contributed by atoms with van der Waals surface area (Å²) in [5.74, 6) is -0.210. The van der Waals surface area contributed by atoms with Crippen molar-refractivity contribution < 1.29 is 18.6 Å². The molecule has 1 heterocycles. The van der Waals surface area contributed by atoms with E-state index in [1.54, 1.807) is 0 Å². The van der Waals surface area contributed by atoms with Crippen LogP contribution < -0.4 is 4.74 Å². The summed E-state index contributed by atoms with van der Waals surface area (Å²) < 4.78 is 29.4. The summed E-state index contributed by atoms with van der Waals surface area (Å²) in [6.45, 7) is 0. The largest absolute Gasteiger partial charge is 0.503 e. The molecule has 6 heteroatoms. The van der Waals surface area contributed by atoms with Crippen molar-refractivity contribution >= 4 is 15.9 Å². The highest BCUT2D eigenvalue weighted by Gasteiger charge is 2.16. The average molecular weight is 268 g/mol. The molecular weight excluding hydrogens is 260 g/mol. The Morgan fingerprint density at radius 3 is 2.71 bits per heavy atom. The van der Waals surface area contributed by atoms with E-state index in [-0.39, 0.29) is 22.5 Å². The molecule has 0 amide bonds. The van der Waals surface area contributed by atoms with Crippen LogP contribution in [0.15, 0.2) is 6.07 Å². The number of hydrogen-bond donors (Lipinski definition) is 1. The standard InChI is InChI=1S/C8H8BrF2NO2/c1-14-6-2-4(8(10)11)12-5(3-9)7(6)13/h2,8,13H,3H2,1H3. The van der Waals surface area contributed by atoms with E-state index in [1.807, 2.05) is 0 Å². The van der Waals surface area contributed by atoms with Crippen LogP contribution in [0, 0.1) is 0 Å². The molecule has 0 aliphatic heterocycles. The van der Waals surface area contributed by atoms with E-state index in [4.69, 9.17) is 4.74 Å². The third kappa shape index (κ3) is 2.12. The van der Waals surface area contributed by atoms with E-state index < -0.39 is 12.1 Å². The molecule has 1 rings (SSSR count). The lowest BCUT2D eigenvalue weighted by atomic mass is 10.2. The highest BCUT2D eigenvalue weighted by atomic mass is 79.9. The first-order chi connectivity index (χ1) is 6.60. The second-order valence-corrected chi connectivity index (χ2v) is 3.04. The number of aromatic nitrogens is 1. The van der Waals surface area contributed by atoms with Gasteiger partial charge in [0.05, 0.1) is 12.8 Å². The number of aromatic hydroxyl groups is 1. The molecule has 1 aromatic heterocycles. The summed E-state index contributed by atoms with van der Waals surface area (Å²) in [5.41, 5.74) is -0.270. The molecule has 0 aromatic carbocycles. The molecule has 0 saturated heterocycles. The normalized spacial score (nSPS) is 10.6. The van der Waals surface area contributed by atoms with Crippen LogP contribution in [-0.4, -0.2) is 17.2 Å². The zero-order valence-electron chi connectivity index (χ0n) is 7.30. The van der Waals surface area contributed by atoms with Gasteiger partial charge < -0.3 is 9.84 Å². The number of nitrogens with zero attached hydrogens (tertiary/aromatic N) is 1. The monoisotopic (exact) mass is 267 g/mol. The van der Waals surface area contributed by atoms with Gasteiger partial charge in [-0.2, -0.15) is 0 Å². The molecule has 0 aliphatic rings. The molecule has 0 bridgehead atoms. The van der Waals surface area contributed by atoms with Crippen LogP contribution in [0.2, 0.25) is 0 Å². The van der Waals surface area contributed by atoms with Gasteiger partial charge in [0.1, 0.15) is 5.69 Å². The molecule has 0 saturated carbocycles. The molecule has 0 aliphatic carbocycles. The van der Waals surface area contributed by atoms with Gasteiger partial charge in [-0.3, -0.25) is 0 Å². The lowest BCUT2D eigenvalue weighted by molar-refractivity contribution is 0.145. The molecule has 78 valence electrons. The first kappa shape index (κ1) is 11.2. The fourth-order valence-corrected chi connectivity index (χ4v) is 1.34. The summed E-state index contributed by atoms with van der Waals surface area (Å²) >= 11 is 3.03. The summed E-state index contributed by atoms with van der Waals surface area (Å²) in [4.78, 5) is 3.57. The molecule has 3 nitrogen and oxygen atoms in total. The number of hydrogen-bond acceptors (Lipinski definition) is 3. The van der Waals surface area contributed by atoms with Crippen LogP contribution in [0.25, 0.3) is 0 Å². The predicted molar refractivity (Wildman–Crippen MR) is 50.0 cm³/mol. The highest BCUT2D eigenvalue weighted by Crippen LogP contribution is 2.33. The predicted octanol–water partition coefficient (Wildman–Crippen LogP) is 2.63. The maximum atomic E-state index is 12.3. The van der Waals surface area contributed by atoms with Gasteiger partial charge in [0.2, 0.25) is 0 Å². The SMILES string of the molecule is COc1cc(C(F)F)nc(CBr)c1O. The summed E-state index contributed by atoms with van der Waals surface area (Å²) in [6, 6.07) is 1.02. The molecule has 14 heavy (non-hydrogen) atoms. The van der Waals surface area contributed by atoms with Gasteiger partial charge in [-0.05, 0) is 0 Å². The summed E-state index contributed by atoms with van der Waals surface area (Å²) in [7, 11) is 1.29. The zero-order chi connectivity index (χ0) is 10.7. The zero-order valence-corrected chi connectivity index (χ0v) is 8.88. The lowest BCUT2D eigenvalue weighted by Gasteiger charge is -2.08. The van der Waals surface area contributed by atoms with Gasteiger partial charge in [0.25, 0.3) is 6.43 Å². The number of methoxy groups -OCH3 is 1. The minimum absolute atomic E-state index is 0.00440. The Balaban J connectivity index is 3.25. The van der Waals surface area contributed by atoms with E-state index >= 15 is 0 Å². The number of halogens is 3. The van der Waals surface area contributed by atoms with Gasteiger partial charge in [-0.1, -0.05) is 15.9 Å². The first-order valence-corrected chi connectivity index (χ1v) is 4.83. The minimum Gasteiger partial charge on any atom is -0.503 e. The van der Waals surface area contributed by atoms with Crippen LogP contribution >= 0.6 is 15.9 Å². The van der Waals surface area contributed by atoms with Crippen molar-refractivity contribution in [2.45, 2.75) is 11.8 Å². The quantitative estimate of drug-likeness (QED) is 0.857. The Labute approximate surface area is 87.9 Å². The molecule has 0 atom stereocenters. The Morgan fingerprint density at radius 1 is 1.64 bits per heavy atom. The average Bonchev–Trinajstić information content (AvgIpc) is 2.17. The second-order valence-electron chi connectivity index (χ2n) is 2.48. The third-order valence-electron chi connectivity index (χ3n) is 1.62. The Hall–Kier alpha value is -0.910. The minimum atomic E-state index is -2.68. The number of rotatable bonds is 3. The Bertz CT molecular complexity index is 308. The van der Waals surface area contributed by atoms with Crippen molar-refractivity contribution in [2.75, 3.05) is 7.11 Å². The van der Waals surface area contributed by atoms with E-state index in [9.17, 15) is 13.9 Å². The number of pyridine rings is 1. The van der Waals surface area contributed by atoms with Gasteiger partial charge in [-0.15, -0.1) is 0 Å². The van der Waals surface area contributed by atoms with Crippen molar-refractivity contribution in [1.29, 1.82) is 0 Å². The van der Waals surface area contributed by atoms with Crippen LogP contribution in [-0.2, 0) is 5.33 Å². The van der Waals surface area contributed by atoms with E-state index in [2.05, 4.69) is 20.9 Å². The van der Waals surface area contributed by atoms with Crippen LogP contribution in [0.1, 0.15) is 17.8 Å². The van der Waals surface area contributed by atoms with Gasteiger partial charge in [0.15, 0.2) is 11.5 Å². The van der Waals surface area contributed by atoms with E-state index in [0.29, 0.717) is 0 Å². The molecule has 0 radical (unpaired) electrons. The fourth-order valence-electron chi connectivity index (χ4n) is 0.947. The topological polar surface area (TPSA) is 42.4 Å². The lowest BCUT2D eigenvalue weighted by Crippen LogP contribution is -1.97. The fraction of sp³-hybridized carbons (Fsp3) is 0.375. The highest BCUT2D eigenvalue weighted by molar-refractivity contribution is 9.08. The Kier molecular flexibility index (Phi) is 3.62. The van der Waals surface area contributed by atoms with Gasteiger partial charge in [0, 0.05) is 11.4 Å². The molecule has 0 unspecified atom stereocenters. The van der Waals surface area contributed by atoms with Gasteiger partial charge in [-0.25, -0.2) is 13.8 Å². The molecule has 0 spiro atoms. The Morgan fingerprint density at radius 2 is 2.29 bits per heavy atom. The van der Waals surface area contributed by atoms with Crippen LogP contribution in [0.3, 0.4) is 0 Å². The third-order valence-corrected chi connectivity index (χ3v) is 2.15. The number of ether oxygens (including phenoxy) is 1. The van der Waals surface area contributed by atoms with Crippen molar-refractivity contribution in [3.8, 4) is 11.5 Å². The molecule has 1 N–H and O–H groups in total. The summed E-state index contributed by atoms with van der Waals surface area (Å²) in [6.07, 6.45) is -2.68. The van der Waals surface area contributed by atoms with E-state index in [0.717, 1.165) is 6.07 Å². The number of alkyl halides is 3. The summed E-state index contributed by atoms with van der Waals surface area (Å²) in [5, 5.41) is 9.62. The molecular formula is C8H8BrF2NO2. The molecule has 1 aromatic rings. The van der Waals surface area contributed by atoms with Crippen molar-refractivity contribution in [3.05, 3.63) is 17.5 Å². The second kappa shape index (κ2) is 4.54. The van der Waals surface area contributed by atoms with Crippen molar-refractivity contribution in [1.82, 2.24) is 4.98 Å². The molecule has 0 fully saturated rings. The van der Waals surface area contributed by atoms with Crippen LogP contribution in [0.5, 0.6) is 11.5 Å². The van der Waals surface area contributed by atoms with Crippen LogP contribution in [0.4, 0.5) is 8.78 Å².